The summed E-state index contributed by atoms with van der Waals surface area (Å²) in [6, 6.07) is 10.4. The molecule has 0 saturated carbocycles. The third-order valence-corrected chi connectivity index (χ3v) is 2.58. The molecular weight excluding hydrogens is 210 g/mol. The van der Waals surface area contributed by atoms with Crippen molar-refractivity contribution in [3.8, 4) is 0 Å². The van der Waals surface area contributed by atoms with Gasteiger partial charge in [-0.05, 0) is 19.4 Å². The predicted octanol–water partition coefficient (Wildman–Crippen LogP) is 2.55. The van der Waals surface area contributed by atoms with Crippen molar-refractivity contribution in [2.75, 3.05) is 13.2 Å². The number of nitrogens with one attached hydrogen (secondary N) is 1. The van der Waals surface area contributed by atoms with Crippen LogP contribution in [-0.2, 0) is 4.74 Å². The molecule has 2 rings (SSSR count). The summed E-state index contributed by atoms with van der Waals surface area (Å²) >= 11 is 0. The number of hydrogen-bond donors (Lipinski definition) is 1. The van der Waals surface area contributed by atoms with Gasteiger partial charge in [0.1, 0.15) is 0 Å². The molecule has 1 atom stereocenters. The van der Waals surface area contributed by atoms with Gasteiger partial charge in [-0.3, -0.25) is 0 Å². The van der Waals surface area contributed by atoms with Crippen molar-refractivity contribution in [3.63, 3.8) is 0 Å². The van der Waals surface area contributed by atoms with Gasteiger partial charge in [0, 0.05) is 12.1 Å². The zero-order chi connectivity index (χ0) is 10.0. The largest absolute Gasteiger partial charge is 0.370 e. The number of ether oxygens (including phenoxy) is 1. The molecule has 0 unspecified atom stereocenters. The zero-order valence-corrected chi connectivity index (χ0v) is 10.0. The highest BCUT2D eigenvalue weighted by Gasteiger charge is 2.27. The fourth-order valence-electron chi connectivity index (χ4n) is 1.67. The average molecular weight is 228 g/mol. The van der Waals surface area contributed by atoms with Gasteiger partial charge in [-0.1, -0.05) is 30.3 Å². The standard InChI is InChI=1S/C12H17NO.ClH/c1-12(2)9-14-11(8-13-12)10-6-4-3-5-7-10;/h3-7,11,13H,8-9H2,1-2H3;1H/t11-;/m0./s1. The maximum absolute atomic E-state index is 5.82. The normalized spacial score (nSPS) is 24.3. The van der Waals surface area contributed by atoms with E-state index in [2.05, 4.69) is 43.4 Å². The van der Waals surface area contributed by atoms with Crippen LogP contribution in [0.5, 0.6) is 0 Å². The van der Waals surface area contributed by atoms with Gasteiger partial charge in [0.15, 0.2) is 0 Å². The Kier molecular flexibility index (Phi) is 4.14. The molecule has 0 spiro atoms. The van der Waals surface area contributed by atoms with E-state index in [0.717, 1.165) is 13.2 Å². The summed E-state index contributed by atoms with van der Waals surface area (Å²) in [5, 5.41) is 3.48. The van der Waals surface area contributed by atoms with E-state index in [0.29, 0.717) is 0 Å². The minimum absolute atomic E-state index is 0. The molecule has 2 nitrogen and oxygen atoms in total. The van der Waals surface area contributed by atoms with E-state index >= 15 is 0 Å². The Morgan fingerprint density at radius 1 is 1.27 bits per heavy atom. The summed E-state index contributed by atoms with van der Waals surface area (Å²) < 4.78 is 5.82. The Balaban J connectivity index is 0.00000112. The summed E-state index contributed by atoms with van der Waals surface area (Å²) in [4.78, 5) is 0. The van der Waals surface area contributed by atoms with Crippen molar-refractivity contribution >= 4 is 12.4 Å². The van der Waals surface area contributed by atoms with Crippen LogP contribution in [0, 0.1) is 0 Å². The molecule has 1 fully saturated rings. The second kappa shape index (κ2) is 4.97. The van der Waals surface area contributed by atoms with Crippen LogP contribution >= 0.6 is 12.4 Å². The van der Waals surface area contributed by atoms with Crippen LogP contribution in [-0.4, -0.2) is 18.7 Å². The number of morpholine rings is 1. The Hall–Kier alpha value is -0.570. The second-order valence-corrected chi connectivity index (χ2v) is 4.48. The monoisotopic (exact) mass is 227 g/mol. The van der Waals surface area contributed by atoms with Crippen LogP contribution in [0.1, 0.15) is 25.5 Å². The predicted molar refractivity (Wildman–Crippen MR) is 64.5 cm³/mol. The molecule has 0 aliphatic carbocycles. The minimum atomic E-state index is 0. The van der Waals surface area contributed by atoms with E-state index < -0.39 is 0 Å². The van der Waals surface area contributed by atoms with Crippen molar-refractivity contribution in [2.45, 2.75) is 25.5 Å². The second-order valence-electron chi connectivity index (χ2n) is 4.48. The van der Waals surface area contributed by atoms with Gasteiger partial charge in [-0.15, -0.1) is 12.4 Å². The maximum Gasteiger partial charge on any atom is 0.0950 e. The molecule has 3 heteroatoms. The Labute approximate surface area is 97.4 Å². The topological polar surface area (TPSA) is 21.3 Å². The molecule has 1 N–H and O–H groups in total. The third kappa shape index (κ3) is 3.20. The molecule has 0 amide bonds. The quantitative estimate of drug-likeness (QED) is 0.796. The fraction of sp³-hybridized carbons (Fsp3) is 0.500. The lowest BCUT2D eigenvalue weighted by Crippen LogP contribution is -2.50. The highest BCUT2D eigenvalue weighted by atomic mass is 35.5. The van der Waals surface area contributed by atoms with E-state index in [1.54, 1.807) is 0 Å². The van der Waals surface area contributed by atoms with Crippen molar-refractivity contribution in [2.24, 2.45) is 0 Å². The molecule has 84 valence electrons. The molecule has 1 heterocycles. The first-order valence-electron chi connectivity index (χ1n) is 5.09. The van der Waals surface area contributed by atoms with Gasteiger partial charge in [-0.25, -0.2) is 0 Å². The Morgan fingerprint density at radius 3 is 2.47 bits per heavy atom. The molecule has 1 aliphatic rings. The lowest BCUT2D eigenvalue weighted by molar-refractivity contribution is -0.0228. The Bertz CT molecular complexity index is 290. The van der Waals surface area contributed by atoms with Gasteiger partial charge < -0.3 is 10.1 Å². The van der Waals surface area contributed by atoms with Gasteiger partial charge in [0.05, 0.1) is 12.7 Å². The lowest BCUT2D eigenvalue weighted by atomic mass is 10.0. The van der Waals surface area contributed by atoms with E-state index in [1.807, 2.05) is 6.07 Å². The number of rotatable bonds is 1. The summed E-state index contributed by atoms with van der Waals surface area (Å²) in [5.41, 5.74) is 1.38. The van der Waals surface area contributed by atoms with Crippen molar-refractivity contribution in [1.82, 2.24) is 5.32 Å². The summed E-state index contributed by atoms with van der Waals surface area (Å²) in [6.45, 7) is 5.99. The van der Waals surface area contributed by atoms with E-state index in [1.165, 1.54) is 5.56 Å². The van der Waals surface area contributed by atoms with Crippen LogP contribution < -0.4 is 5.32 Å². The SMILES string of the molecule is CC1(C)CO[C@H](c2ccccc2)CN1.Cl. The average Bonchev–Trinajstić information content (AvgIpc) is 2.19. The minimum Gasteiger partial charge on any atom is -0.370 e. The summed E-state index contributed by atoms with van der Waals surface area (Å²) in [5.74, 6) is 0. The molecule has 15 heavy (non-hydrogen) atoms. The van der Waals surface area contributed by atoms with Gasteiger partial charge >= 0.3 is 0 Å². The zero-order valence-electron chi connectivity index (χ0n) is 9.19. The molecule has 1 saturated heterocycles. The first-order chi connectivity index (χ1) is 6.67. The summed E-state index contributed by atoms with van der Waals surface area (Å²) in [7, 11) is 0. The molecule has 1 aromatic carbocycles. The van der Waals surface area contributed by atoms with Crippen molar-refractivity contribution < 1.29 is 4.74 Å². The molecule has 0 radical (unpaired) electrons. The number of halogens is 1. The van der Waals surface area contributed by atoms with Gasteiger partial charge in [0.2, 0.25) is 0 Å². The molecule has 0 bridgehead atoms. The van der Waals surface area contributed by atoms with Crippen LogP contribution in [0.3, 0.4) is 0 Å². The van der Waals surface area contributed by atoms with Crippen LogP contribution in [0.4, 0.5) is 0 Å². The highest BCUT2D eigenvalue weighted by Crippen LogP contribution is 2.22. The highest BCUT2D eigenvalue weighted by molar-refractivity contribution is 5.85. The molecular formula is C12H18ClNO. The smallest absolute Gasteiger partial charge is 0.0950 e. The van der Waals surface area contributed by atoms with Gasteiger partial charge in [-0.2, -0.15) is 0 Å². The van der Waals surface area contributed by atoms with Crippen LogP contribution in [0.2, 0.25) is 0 Å². The first-order valence-corrected chi connectivity index (χ1v) is 5.09. The number of hydrogen-bond acceptors (Lipinski definition) is 2. The van der Waals surface area contributed by atoms with E-state index in [-0.39, 0.29) is 24.0 Å². The molecule has 1 aliphatic heterocycles. The lowest BCUT2D eigenvalue weighted by Gasteiger charge is -2.36. The Morgan fingerprint density at radius 2 is 1.93 bits per heavy atom. The van der Waals surface area contributed by atoms with Crippen molar-refractivity contribution in [3.05, 3.63) is 35.9 Å². The van der Waals surface area contributed by atoms with Crippen LogP contribution in [0.15, 0.2) is 30.3 Å². The maximum atomic E-state index is 5.82. The number of benzene rings is 1. The molecule has 1 aromatic rings. The first kappa shape index (κ1) is 12.5. The summed E-state index contributed by atoms with van der Waals surface area (Å²) in [6.07, 6.45) is 0.212. The van der Waals surface area contributed by atoms with E-state index in [9.17, 15) is 0 Å². The third-order valence-electron chi connectivity index (χ3n) is 2.58. The molecule has 0 aromatic heterocycles. The fourth-order valence-corrected chi connectivity index (χ4v) is 1.67. The van der Waals surface area contributed by atoms with Crippen molar-refractivity contribution in [1.29, 1.82) is 0 Å². The van der Waals surface area contributed by atoms with Gasteiger partial charge in [0.25, 0.3) is 0 Å². The van der Waals surface area contributed by atoms with E-state index in [4.69, 9.17) is 4.74 Å². The van der Waals surface area contributed by atoms with Crippen LogP contribution in [0.25, 0.3) is 0 Å².